The number of para-hydroxylation sites is 2. The molecule has 0 saturated heterocycles. The largest absolute Gasteiger partial charge is 0.296 e. The van der Waals surface area contributed by atoms with Crippen LogP contribution >= 0.6 is 0 Å². The Kier molecular flexibility index (Phi) is 7.55. The number of aromatic nitrogens is 2. The Morgan fingerprint density at radius 2 is 1.00 bits per heavy atom. The molecule has 0 bridgehead atoms. The molecule has 276 valence electrons. The summed E-state index contributed by atoms with van der Waals surface area (Å²) < 4.78 is 2.36. The van der Waals surface area contributed by atoms with E-state index in [0.717, 1.165) is 29.0 Å². The number of imidazole rings is 1. The summed E-state index contributed by atoms with van der Waals surface area (Å²) in [6, 6.07) is 73.9. The van der Waals surface area contributed by atoms with Gasteiger partial charge in [0.1, 0.15) is 5.82 Å². The molecule has 59 heavy (non-hydrogen) atoms. The van der Waals surface area contributed by atoms with Gasteiger partial charge in [-0.1, -0.05) is 177 Å². The first-order valence-corrected chi connectivity index (χ1v) is 20.6. The fraction of sp³-hybridized carbons (Fsp3) is 0.0351. The van der Waals surface area contributed by atoms with Crippen molar-refractivity contribution in [2.75, 3.05) is 0 Å². The molecule has 12 aromatic rings. The minimum absolute atomic E-state index is 0.840. The van der Waals surface area contributed by atoms with Gasteiger partial charge in [0.25, 0.3) is 0 Å². The van der Waals surface area contributed by atoms with Crippen molar-refractivity contribution in [2.24, 2.45) is 0 Å². The third kappa shape index (κ3) is 5.16. The lowest BCUT2D eigenvalue weighted by Crippen LogP contribution is -2.01. The number of nitrogens with zero attached hydrogens (tertiary/aromatic N) is 2. The Hall–Kier alpha value is -7.55. The van der Waals surface area contributed by atoms with E-state index in [2.05, 4.69) is 212 Å². The van der Waals surface area contributed by atoms with E-state index in [1.807, 2.05) is 0 Å². The number of benzene rings is 11. The number of hydrogen-bond acceptors (Lipinski definition) is 1. The first kappa shape index (κ1) is 33.6. The fourth-order valence-corrected chi connectivity index (χ4v) is 9.86. The second-order valence-electron chi connectivity index (χ2n) is 15.7. The van der Waals surface area contributed by atoms with Gasteiger partial charge >= 0.3 is 0 Å². The van der Waals surface area contributed by atoms with E-state index < -0.39 is 0 Å². The molecule has 0 N–H and O–H groups in total. The number of fused-ring (bicyclic) bond motifs is 9. The Morgan fingerprint density at radius 1 is 0.390 bits per heavy atom. The van der Waals surface area contributed by atoms with Gasteiger partial charge in [0.05, 0.1) is 16.7 Å². The van der Waals surface area contributed by atoms with Gasteiger partial charge in [-0.15, -0.1) is 0 Å². The summed E-state index contributed by atoms with van der Waals surface area (Å²) in [4.78, 5) is 5.06. The molecule has 12 rings (SSSR count). The van der Waals surface area contributed by atoms with E-state index >= 15 is 0 Å². The lowest BCUT2D eigenvalue weighted by molar-refractivity contribution is 0.913. The van der Waals surface area contributed by atoms with E-state index in [0.29, 0.717) is 0 Å². The van der Waals surface area contributed by atoms with Crippen LogP contribution in [-0.2, 0) is 6.42 Å². The zero-order valence-corrected chi connectivity index (χ0v) is 32.7. The van der Waals surface area contributed by atoms with Crippen LogP contribution in [0, 0.1) is 0 Å². The van der Waals surface area contributed by atoms with Crippen molar-refractivity contribution < 1.29 is 0 Å². The Morgan fingerprint density at radius 3 is 1.83 bits per heavy atom. The summed E-state index contributed by atoms with van der Waals surface area (Å²) in [7, 11) is 0. The molecule has 0 spiro atoms. The standard InChI is InChI=1S/C57H38N2/c1-2-54-58-51-22-12-13-23-53(51)59(54)52-33-32-48(44-18-8-9-19-45(44)52)57-47-21-11-10-20-46(47)56(50-35-39(28-31-49(50)57)36-14-4-3-5-15-36)41-29-30-43-40(34-41)27-26-38-25-24-37-16-6-7-17-42(37)55(38)43/h3-35H,2H2,1H3. The highest BCUT2D eigenvalue weighted by atomic mass is 15.1. The Balaban J connectivity index is 1.16. The molecule has 0 aliphatic rings. The predicted octanol–water partition coefficient (Wildman–Crippen LogP) is 15.5. The van der Waals surface area contributed by atoms with Crippen LogP contribution in [0.5, 0.6) is 0 Å². The molecule has 1 heterocycles. The Labute approximate surface area is 342 Å². The predicted molar refractivity (Wildman–Crippen MR) is 252 cm³/mol. The average Bonchev–Trinajstić information content (AvgIpc) is 3.69. The normalized spacial score (nSPS) is 11.9. The number of rotatable bonds is 5. The molecule has 0 radical (unpaired) electrons. The van der Waals surface area contributed by atoms with Crippen molar-refractivity contribution >= 4 is 75.7 Å². The SMILES string of the molecule is CCc1nc2ccccc2n1-c1ccc(-c2c3ccccc3c(-c3ccc4c(ccc5ccc6ccccc6c54)c3)c3cc(-c4ccccc4)ccc23)c2ccccc12. The molecule has 1 aromatic heterocycles. The summed E-state index contributed by atoms with van der Waals surface area (Å²) >= 11 is 0. The van der Waals surface area contributed by atoms with Gasteiger partial charge in [0.15, 0.2) is 0 Å². The zero-order chi connectivity index (χ0) is 39.0. The van der Waals surface area contributed by atoms with E-state index in [1.165, 1.54) is 98.0 Å². The third-order valence-electron chi connectivity index (χ3n) is 12.5. The number of hydrogen-bond donors (Lipinski definition) is 0. The van der Waals surface area contributed by atoms with Gasteiger partial charge in [0, 0.05) is 11.8 Å². The highest BCUT2D eigenvalue weighted by Gasteiger charge is 2.21. The molecule has 0 aliphatic heterocycles. The maximum Gasteiger partial charge on any atom is 0.114 e. The fourth-order valence-electron chi connectivity index (χ4n) is 9.86. The van der Waals surface area contributed by atoms with Crippen LogP contribution in [0.15, 0.2) is 200 Å². The molecule has 0 saturated carbocycles. The minimum atomic E-state index is 0.840. The molecule has 0 fully saturated rings. The second-order valence-corrected chi connectivity index (χ2v) is 15.7. The monoisotopic (exact) mass is 750 g/mol. The summed E-state index contributed by atoms with van der Waals surface area (Å²) in [6.45, 7) is 2.19. The van der Waals surface area contributed by atoms with Crippen molar-refractivity contribution in [3.8, 4) is 39.1 Å². The van der Waals surface area contributed by atoms with Crippen LogP contribution in [-0.4, -0.2) is 9.55 Å². The topological polar surface area (TPSA) is 17.8 Å². The van der Waals surface area contributed by atoms with E-state index in [9.17, 15) is 0 Å². The van der Waals surface area contributed by atoms with Crippen LogP contribution < -0.4 is 0 Å². The highest BCUT2D eigenvalue weighted by Crippen LogP contribution is 2.48. The van der Waals surface area contributed by atoms with Crippen LogP contribution in [0.4, 0.5) is 0 Å². The summed E-state index contributed by atoms with van der Waals surface area (Å²) in [5.74, 6) is 1.06. The van der Waals surface area contributed by atoms with Gasteiger partial charge in [-0.2, -0.15) is 0 Å². The lowest BCUT2D eigenvalue weighted by atomic mass is 9.83. The first-order valence-electron chi connectivity index (χ1n) is 20.6. The quantitative estimate of drug-likeness (QED) is 0.127. The first-order chi connectivity index (χ1) is 29.2. The molecule has 11 aromatic carbocycles. The second kappa shape index (κ2) is 13.3. The molecule has 2 nitrogen and oxygen atoms in total. The van der Waals surface area contributed by atoms with Crippen molar-refractivity contribution in [3.63, 3.8) is 0 Å². The van der Waals surface area contributed by atoms with Gasteiger partial charge in [-0.3, -0.25) is 4.57 Å². The van der Waals surface area contributed by atoms with E-state index in [-0.39, 0.29) is 0 Å². The van der Waals surface area contributed by atoms with E-state index in [1.54, 1.807) is 0 Å². The van der Waals surface area contributed by atoms with Gasteiger partial charge in [0.2, 0.25) is 0 Å². The Bertz CT molecular complexity index is 3650. The molecule has 0 amide bonds. The molecular weight excluding hydrogens is 713 g/mol. The van der Waals surface area contributed by atoms with Crippen molar-refractivity contribution in [1.29, 1.82) is 0 Å². The van der Waals surface area contributed by atoms with Crippen molar-refractivity contribution in [2.45, 2.75) is 13.3 Å². The van der Waals surface area contributed by atoms with Gasteiger partial charge in [-0.05, 0) is 123 Å². The maximum absolute atomic E-state index is 5.06. The molecule has 2 heteroatoms. The van der Waals surface area contributed by atoms with Gasteiger partial charge < -0.3 is 0 Å². The maximum atomic E-state index is 5.06. The molecular formula is C57H38N2. The molecule has 0 aliphatic carbocycles. The lowest BCUT2D eigenvalue weighted by Gasteiger charge is -2.21. The third-order valence-corrected chi connectivity index (χ3v) is 12.5. The van der Waals surface area contributed by atoms with E-state index in [4.69, 9.17) is 4.98 Å². The average molecular weight is 751 g/mol. The highest BCUT2D eigenvalue weighted by molar-refractivity contribution is 6.26. The summed E-state index contributed by atoms with van der Waals surface area (Å²) in [5, 5.41) is 15.1. The zero-order valence-electron chi connectivity index (χ0n) is 32.7. The van der Waals surface area contributed by atoms with Crippen LogP contribution in [0.3, 0.4) is 0 Å². The number of aryl methyl sites for hydroxylation is 1. The summed E-state index contributed by atoms with van der Waals surface area (Å²) in [5.41, 5.74) is 10.7. The molecule has 0 atom stereocenters. The van der Waals surface area contributed by atoms with Crippen molar-refractivity contribution in [1.82, 2.24) is 9.55 Å². The smallest absolute Gasteiger partial charge is 0.114 e. The molecule has 0 unspecified atom stereocenters. The van der Waals surface area contributed by atoms with Crippen LogP contribution in [0.25, 0.3) is 115 Å². The summed E-state index contributed by atoms with van der Waals surface area (Å²) in [6.07, 6.45) is 0.840. The van der Waals surface area contributed by atoms with Gasteiger partial charge in [-0.25, -0.2) is 4.98 Å². The minimum Gasteiger partial charge on any atom is -0.296 e. The van der Waals surface area contributed by atoms with Crippen LogP contribution in [0.1, 0.15) is 12.7 Å². The van der Waals surface area contributed by atoms with Crippen molar-refractivity contribution in [3.05, 3.63) is 206 Å². The van der Waals surface area contributed by atoms with Crippen LogP contribution in [0.2, 0.25) is 0 Å².